The van der Waals surface area contributed by atoms with E-state index < -0.39 is 0 Å². The number of carbonyl (C=O) groups excluding carboxylic acids is 1. The topological polar surface area (TPSA) is 66.8 Å². The minimum atomic E-state index is -0.129. The van der Waals surface area contributed by atoms with Crippen molar-refractivity contribution in [2.24, 2.45) is 16.8 Å². The van der Waals surface area contributed by atoms with Crippen molar-refractivity contribution in [2.75, 3.05) is 39.5 Å². The van der Waals surface area contributed by atoms with Gasteiger partial charge in [-0.2, -0.15) is 0 Å². The number of nitrogens with zero attached hydrogens (tertiary/aromatic N) is 3. The number of hydrogen-bond donors (Lipinski definition) is 1. The van der Waals surface area contributed by atoms with E-state index >= 15 is 0 Å². The number of thiazole rings is 1. The number of guanidine groups is 1. The normalized spacial score (nSPS) is 20.6. The zero-order valence-electron chi connectivity index (χ0n) is 14.2. The number of nitrogens with one attached hydrogen (secondary N) is 1. The summed E-state index contributed by atoms with van der Waals surface area (Å²) in [7, 11) is 3.23. The van der Waals surface area contributed by atoms with Crippen molar-refractivity contribution in [3.05, 3.63) is 11.6 Å². The van der Waals surface area contributed by atoms with Crippen LogP contribution < -0.4 is 5.32 Å². The molecular weight excluding hydrogens is 459 g/mol. The van der Waals surface area contributed by atoms with Gasteiger partial charge in [0.05, 0.1) is 13.0 Å². The molecule has 0 aromatic carbocycles. The van der Waals surface area contributed by atoms with Crippen LogP contribution in [0.4, 0.5) is 0 Å². The Kier molecular flexibility index (Phi) is 9.98. The van der Waals surface area contributed by atoms with Crippen LogP contribution in [-0.4, -0.2) is 61.4 Å². The number of rotatable bonds is 6. The molecule has 0 saturated carbocycles. The molecule has 2 unspecified atom stereocenters. The number of carbonyl (C=O) groups is 1. The van der Waals surface area contributed by atoms with E-state index in [1.54, 1.807) is 30.1 Å². The molecule has 0 aliphatic carbocycles. The van der Waals surface area contributed by atoms with Crippen LogP contribution in [0.15, 0.2) is 20.9 Å². The molecule has 1 aliphatic heterocycles. The van der Waals surface area contributed by atoms with Gasteiger partial charge in [0.25, 0.3) is 0 Å². The molecule has 1 aromatic heterocycles. The molecule has 1 aromatic rings. The number of aromatic nitrogens is 1. The van der Waals surface area contributed by atoms with Gasteiger partial charge in [0.2, 0.25) is 0 Å². The molecule has 24 heavy (non-hydrogen) atoms. The minimum Gasteiger partial charge on any atom is -0.469 e. The van der Waals surface area contributed by atoms with Gasteiger partial charge in [-0.3, -0.25) is 9.79 Å². The summed E-state index contributed by atoms with van der Waals surface area (Å²) in [5, 5.41) is 5.38. The second-order valence-electron chi connectivity index (χ2n) is 5.49. The highest BCUT2D eigenvalue weighted by atomic mass is 127. The first kappa shape index (κ1) is 21.5. The zero-order valence-corrected chi connectivity index (χ0v) is 18.2. The van der Waals surface area contributed by atoms with Crippen LogP contribution in [0.5, 0.6) is 0 Å². The number of thioether (sulfide) groups is 1. The molecule has 0 spiro atoms. The quantitative estimate of drug-likeness (QED) is 0.167. The molecule has 2 atom stereocenters. The summed E-state index contributed by atoms with van der Waals surface area (Å²) in [5.41, 5.74) is 0. The summed E-state index contributed by atoms with van der Waals surface area (Å²) >= 11 is 3.45. The average molecular weight is 484 g/mol. The van der Waals surface area contributed by atoms with Gasteiger partial charge in [0.1, 0.15) is 4.34 Å². The second kappa shape index (κ2) is 11.1. The molecule has 1 aliphatic rings. The van der Waals surface area contributed by atoms with Crippen LogP contribution in [0, 0.1) is 11.8 Å². The fraction of sp³-hybridized carbons (Fsp3) is 0.667. The number of likely N-dealkylation sites (tertiary alicyclic amines) is 1. The maximum atomic E-state index is 11.8. The van der Waals surface area contributed by atoms with Crippen LogP contribution in [-0.2, 0) is 9.53 Å². The minimum absolute atomic E-state index is 0. The Morgan fingerprint density at radius 3 is 3.00 bits per heavy atom. The van der Waals surface area contributed by atoms with Crippen molar-refractivity contribution < 1.29 is 9.53 Å². The summed E-state index contributed by atoms with van der Waals surface area (Å²) in [6.45, 7) is 4.44. The number of halogens is 1. The lowest BCUT2D eigenvalue weighted by atomic mass is 9.99. The molecule has 1 fully saturated rings. The van der Waals surface area contributed by atoms with Crippen molar-refractivity contribution in [3.63, 3.8) is 0 Å². The lowest BCUT2D eigenvalue weighted by Gasteiger charge is -2.21. The van der Waals surface area contributed by atoms with Crippen LogP contribution >= 0.6 is 47.1 Å². The van der Waals surface area contributed by atoms with E-state index in [-0.39, 0.29) is 41.8 Å². The first-order valence-electron chi connectivity index (χ1n) is 7.71. The molecular formula is C15H25IN4O2S2. The van der Waals surface area contributed by atoms with Gasteiger partial charge in [-0.15, -0.1) is 35.3 Å². The summed E-state index contributed by atoms with van der Waals surface area (Å²) in [5.74, 6) is 1.97. The van der Waals surface area contributed by atoms with E-state index in [4.69, 9.17) is 4.74 Å². The van der Waals surface area contributed by atoms with E-state index in [2.05, 4.69) is 27.1 Å². The van der Waals surface area contributed by atoms with E-state index in [1.165, 1.54) is 7.11 Å². The molecule has 2 heterocycles. The molecule has 6 nitrogen and oxygen atoms in total. The Bertz CT molecular complexity index is 528. The van der Waals surface area contributed by atoms with Crippen molar-refractivity contribution in [2.45, 2.75) is 17.7 Å². The Labute approximate surface area is 168 Å². The fourth-order valence-corrected chi connectivity index (χ4v) is 4.29. The van der Waals surface area contributed by atoms with Gasteiger partial charge in [-0.25, -0.2) is 4.98 Å². The van der Waals surface area contributed by atoms with Gasteiger partial charge in [-0.1, -0.05) is 18.7 Å². The van der Waals surface area contributed by atoms with E-state index in [9.17, 15) is 4.79 Å². The summed E-state index contributed by atoms with van der Waals surface area (Å²) in [6.07, 6.45) is 2.87. The van der Waals surface area contributed by atoms with Gasteiger partial charge in [0, 0.05) is 44.0 Å². The lowest BCUT2D eigenvalue weighted by Crippen LogP contribution is -2.41. The fourth-order valence-electron chi connectivity index (χ4n) is 2.64. The van der Waals surface area contributed by atoms with Crippen molar-refractivity contribution in [3.8, 4) is 0 Å². The third-order valence-corrected chi connectivity index (χ3v) is 5.92. The van der Waals surface area contributed by atoms with Gasteiger partial charge < -0.3 is 15.0 Å². The van der Waals surface area contributed by atoms with E-state index in [0.717, 1.165) is 35.6 Å². The monoisotopic (exact) mass is 484 g/mol. The molecule has 9 heteroatoms. The van der Waals surface area contributed by atoms with Crippen LogP contribution in [0.25, 0.3) is 0 Å². The molecule has 0 bridgehead atoms. The molecule has 0 radical (unpaired) electrons. The standard InChI is InChI=1S/C15H24N4O2S2.HI/c1-11-9-19(10-12(11)13(20)21-3)14(16-2)17-5-4-7-22-15-18-6-8-23-15;/h6,8,11-12H,4-5,7,9-10H2,1-3H3,(H,16,17);1H. The Morgan fingerprint density at radius 1 is 1.58 bits per heavy atom. The van der Waals surface area contributed by atoms with Gasteiger partial charge >= 0.3 is 5.97 Å². The first-order valence-corrected chi connectivity index (χ1v) is 9.58. The Morgan fingerprint density at radius 2 is 2.38 bits per heavy atom. The zero-order chi connectivity index (χ0) is 16.7. The maximum Gasteiger partial charge on any atom is 0.310 e. The van der Waals surface area contributed by atoms with Crippen molar-refractivity contribution >= 4 is 59.0 Å². The lowest BCUT2D eigenvalue weighted by molar-refractivity contribution is -0.145. The smallest absolute Gasteiger partial charge is 0.310 e. The van der Waals surface area contributed by atoms with E-state index in [1.807, 2.05) is 11.6 Å². The highest BCUT2D eigenvalue weighted by Crippen LogP contribution is 2.24. The number of hydrogen-bond acceptors (Lipinski definition) is 6. The average Bonchev–Trinajstić information content (AvgIpc) is 3.20. The Balaban J connectivity index is 0.00000288. The highest BCUT2D eigenvalue weighted by molar-refractivity contribution is 14.0. The molecule has 0 amide bonds. The summed E-state index contributed by atoms with van der Waals surface area (Å²) in [4.78, 5) is 22.5. The van der Waals surface area contributed by atoms with Crippen LogP contribution in [0.2, 0.25) is 0 Å². The Hall–Kier alpha value is -0.550. The second-order valence-corrected chi connectivity index (χ2v) is 7.72. The SMILES string of the molecule is CN=C(NCCCSc1nccs1)N1CC(C)C(C(=O)OC)C1.I. The predicted molar refractivity (Wildman–Crippen MR) is 110 cm³/mol. The first-order chi connectivity index (χ1) is 11.2. The van der Waals surface area contributed by atoms with Crippen LogP contribution in [0.3, 0.4) is 0 Å². The highest BCUT2D eigenvalue weighted by Gasteiger charge is 2.36. The number of aliphatic imine (C=N–C) groups is 1. The molecule has 1 N–H and O–H groups in total. The summed E-state index contributed by atoms with van der Waals surface area (Å²) < 4.78 is 6.00. The van der Waals surface area contributed by atoms with E-state index in [0.29, 0.717) is 6.54 Å². The predicted octanol–water partition coefficient (Wildman–Crippen LogP) is 2.56. The number of ether oxygens (including phenoxy) is 1. The number of esters is 1. The summed E-state index contributed by atoms with van der Waals surface area (Å²) in [6, 6.07) is 0. The van der Waals surface area contributed by atoms with Crippen molar-refractivity contribution in [1.82, 2.24) is 15.2 Å². The number of methoxy groups -OCH3 is 1. The third-order valence-electron chi connectivity index (χ3n) is 3.87. The van der Waals surface area contributed by atoms with Gasteiger partial charge in [-0.05, 0) is 12.3 Å². The van der Waals surface area contributed by atoms with Crippen LogP contribution in [0.1, 0.15) is 13.3 Å². The maximum absolute atomic E-state index is 11.8. The molecule has 2 rings (SSSR count). The van der Waals surface area contributed by atoms with Gasteiger partial charge in [0.15, 0.2) is 5.96 Å². The third kappa shape index (κ3) is 6.07. The van der Waals surface area contributed by atoms with Crippen molar-refractivity contribution in [1.29, 1.82) is 0 Å². The molecule has 1 saturated heterocycles. The molecule has 136 valence electrons. The largest absolute Gasteiger partial charge is 0.469 e.